The van der Waals surface area contributed by atoms with Crippen molar-refractivity contribution in [3.05, 3.63) is 291 Å². The van der Waals surface area contributed by atoms with Gasteiger partial charge in [-0.25, -0.2) is 0 Å². The summed E-state index contributed by atoms with van der Waals surface area (Å²) in [5.41, 5.74) is 25.2. The van der Waals surface area contributed by atoms with Crippen LogP contribution in [0.4, 0.5) is 0 Å². The van der Waals surface area contributed by atoms with E-state index in [2.05, 4.69) is 265 Å². The Morgan fingerprint density at radius 1 is 0.153 bits per heavy atom. The molecule has 12 rings (SSSR count). The molecule has 0 aliphatic carbocycles. The van der Waals surface area contributed by atoms with Gasteiger partial charge >= 0.3 is 0 Å². The molecule has 72 heavy (non-hydrogen) atoms. The van der Waals surface area contributed by atoms with E-state index < -0.39 is 0 Å². The number of hydrogen-bond donors (Lipinski definition) is 0. The Labute approximate surface area is 421 Å². The summed E-state index contributed by atoms with van der Waals surface area (Å²) in [6, 6.07) is 101. The first-order valence-electron chi connectivity index (χ1n) is 24.5. The standard InChI is InChI=1S/C70H48N2/c1-2-15-49(16-3-1)50-27-29-51(30-28-50)58-17-14-18-59(45-58)52-31-33-53(34-32-52)63-19-4-7-22-66(63)60-46-61(67-23-8-5-20-64(67)54-35-39-56(40-36-54)69-25-10-12-43-71-69)48-62(47-60)68-24-9-6-21-65(68)55-37-41-57(42-38-55)70-26-11-13-44-72-70/h1-48H. The lowest BCUT2D eigenvalue weighted by atomic mass is 9.86. The Morgan fingerprint density at radius 2 is 0.403 bits per heavy atom. The summed E-state index contributed by atoms with van der Waals surface area (Å²) in [4.78, 5) is 9.22. The van der Waals surface area contributed by atoms with Gasteiger partial charge in [0.15, 0.2) is 0 Å². The first-order valence-corrected chi connectivity index (χ1v) is 24.5. The van der Waals surface area contributed by atoms with Crippen LogP contribution in [0.3, 0.4) is 0 Å². The minimum atomic E-state index is 0.961. The van der Waals surface area contributed by atoms with Crippen molar-refractivity contribution in [2.75, 3.05) is 0 Å². The van der Waals surface area contributed by atoms with E-state index in [-0.39, 0.29) is 0 Å². The molecule has 2 heterocycles. The molecule has 0 saturated heterocycles. The van der Waals surface area contributed by atoms with Gasteiger partial charge in [0, 0.05) is 23.5 Å². The molecule has 0 unspecified atom stereocenters. The third kappa shape index (κ3) is 9.09. The van der Waals surface area contributed by atoms with Crippen molar-refractivity contribution in [1.29, 1.82) is 0 Å². The van der Waals surface area contributed by atoms with Gasteiger partial charge in [0.25, 0.3) is 0 Å². The van der Waals surface area contributed by atoms with Gasteiger partial charge in [-0.05, 0) is 149 Å². The van der Waals surface area contributed by atoms with Crippen LogP contribution in [-0.2, 0) is 0 Å². The topological polar surface area (TPSA) is 25.8 Å². The van der Waals surface area contributed by atoms with E-state index in [9.17, 15) is 0 Å². The lowest BCUT2D eigenvalue weighted by molar-refractivity contribution is 1.33. The second-order valence-corrected chi connectivity index (χ2v) is 18.1. The van der Waals surface area contributed by atoms with Gasteiger partial charge in [0.2, 0.25) is 0 Å². The lowest BCUT2D eigenvalue weighted by Gasteiger charge is -2.18. The molecule has 2 nitrogen and oxygen atoms in total. The maximum Gasteiger partial charge on any atom is 0.0701 e. The second kappa shape index (κ2) is 19.8. The molecule has 2 aromatic heterocycles. The summed E-state index contributed by atoms with van der Waals surface area (Å²) in [5.74, 6) is 0. The smallest absolute Gasteiger partial charge is 0.0701 e. The van der Waals surface area contributed by atoms with Crippen LogP contribution in [0.5, 0.6) is 0 Å². The minimum Gasteiger partial charge on any atom is -0.256 e. The van der Waals surface area contributed by atoms with Crippen LogP contribution in [0.15, 0.2) is 291 Å². The number of pyridine rings is 2. The molecule has 0 atom stereocenters. The van der Waals surface area contributed by atoms with Gasteiger partial charge in [-0.15, -0.1) is 0 Å². The predicted octanol–water partition coefficient (Wildman–Crippen LogP) is 18.8. The number of benzene rings is 10. The molecular weight excluding hydrogens is 869 g/mol. The number of rotatable bonds is 11. The zero-order valence-electron chi connectivity index (χ0n) is 39.6. The molecule has 0 fully saturated rings. The maximum absolute atomic E-state index is 4.61. The molecule has 0 saturated carbocycles. The summed E-state index contributed by atoms with van der Waals surface area (Å²) in [6.45, 7) is 0. The molecule has 0 spiro atoms. The van der Waals surface area contributed by atoms with Crippen molar-refractivity contribution in [2.24, 2.45) is 0 Å². The molecule has 0 aliphatic heterocycles. The van der Waals surface area contributed by atoms with Crippen LogP contribution in [0.2, 0.25) is 0 Å². The van der Waals surface area contributed by atoms with Crippen molar-refractivity contribution >= 4 is 0 Å². The fraction of sp³-hybridized carbons (Fsp3) is 0. The van der Waals surface area contributed by atoms with Crippen molar-refractivity contribution < 1.29 is 0 Å². The summed E-state index contributed by atoms with van der Waals surface area (Å²) in [7, 11) is 0. The zero-order chi connectivity index (χ0) is 48.1. The summed E-state index contributed by atoms with van der Waals surface area (Å²) in [5, 5.41) is 0. The molecule has 10 aromatic carbocycles. The second-order valence-electron chi connectivity index (χ2n) is 18.1. The van der Waals surface area contributed by atoms with Crippen molar-refractivity contribution in [3.63, 3.8) is 0 Å². The van der Waals surface area contributed by atoms with E-state index in [0.29, 0.717) is 0 Å². The number of hydrogen-bond acceptors (Lipinski definition) is 2. The molecule has 0 aliphatic rings. The van der Waals surface area contributed by atoms with Crippen LogP contribution >= 0.6 is 0 Å². The lowest BCUT2D eigenvalue weighted by Crippen LogP contribution is -1.92. The van der Waals surface area contributed by atoms with E-state index in [1.807, 2.05) is 36.7 Å². The number of nitrogens with zero attached hydrogens (tertiary/aromatic N) is 2. The van der Waals surface area contributed by atoms with Gasteiger partial charge in [0.1, 0.15) is 0 Å². The highest BCUT2D eigenvalue weighted by molar-refractivity contribution is 5.94. The molecule has 12 aromatic rings. The summed E-state index contributed by atoms with van der Waals surface area (Å²) < 4.78 is 0. The SMILES string of the molecule is c1ccc(-c2ccc(-c3cccc(-c4ccc(-c5ccccc5-c5cc(-c6ccccc6-c6ccc(-c7ccccn7)cc6)cc(-c6ccccc6-c6ccc(-c7ccccn7)cc6)c5)cc4)c3)cc2)cc1. The fourth-order valence-corrected chi connectivity index (χ4v) is 9.97. The Kier molecular flexibility index (Phi) is 12.1. The minimum absolute atomic E-state index is 0.961. The van der Waals surface area contributed by atoms with Gasteiger partial charge in [-0.1, -0.05) is 231 Å². The zero-order valence-corrected chi connectivity index (χ0v) is 39.6. The maximum atomic E-state index is 4.61. The number of aromatic nitrogens is 2. The molecule has 0 N–H and O–H groups in total. The average Bonchev–Trinajstić information content (AvgIpc) is 3.48. The highest BCUT2D eigenvalue weighted by Gasteiger charge is 2.17. The first-order chi connectivity index (χ1) is 35.7. The Bertz CT molecular complexity index is 3640. The Balaban J connectivity index is 0.933. The van der Waals surface area contributed by atoms with E-state index in [1.165, 1.54) is 66.8 Å². The highest BCUT2D eigenvalue weighted by Crippen LogP contribution is 2.43. The van der Waals surface area contributed by atoms with E-state index in [0.717, 1.165) is 55.9 Å². The molecular formula is C70H48N2. The normalized spacial score (nSPS) is 11.1. The summed E-state index contributed by atoms with van der Waals surface area (Å²) in [6.07, 6.45) is 3.69. The van der Waals surface area contributed by atoms with Gasteiger partial charge in [-0.3, -0.25) is 9.97 Å². The Morgan fingerprint density at radius 3 is 0.750 bits per heavy atom. The van der Waals surface area contributed by atoms with Crippen molar-refractivity contribution in [2.45, 2.75) is 0 Å². The highest BCUT2D eigenvalue weighted by atomic mass is 14.7. The van der Waals surface area contributed by atoms with Crippen molar-refractivity contribution in [3.8, 4) is 123 Å². The molecule has 0 radical (unpaired) electrons. The van der Waals surface area contributed by atoms with E-state index >= 15 is 0 Å². The quantitative estimate of drug-likeness (QED) is 0.129. The van der Waals surface area contributed by atoms with Gasteiger partial charge in [-0.2, -0.15) is 0 Å². The van der Waals surface area contributed by atoms with Crippen LogP contribution < -0.4 is 0 Å². The molecule has 0 bridgehead atoms. The van der Waals surface area contributed by atoms with Crippen LogP contribution in [0.25, 0.3) is 123 Å². The van der Waals surface area contributed by atoms with Crippen LogP contribution in [0.1, 0.15) is 0 Å². The average molecular weight is 917 g/mol. The molecule has 0 amide bonds. The Hall–Kier alpha value is -9.50. The van der Waals surface area contributed by atoms with Gasteiger partial charge in [0.05, 0.1) is 11.4 Å². The van der Waals surface area contributed by atoms with E-state index in [4.69, 9.17) is 0 Å². The predicted molar refractivity (Wildman–Crippen MR) is 302 cm³/mol. The van der Waals surface area contributed by atoms with Gasteiger partial charge < -0.3 is 0 Å². The monoisotopic (exact) mass is 916 g/mol. The molecule has 2 heteroatoms. The third-order valence-electron chi connectivity index (χ3n) is 13.7. The fourth-order valence-electron chi connectivity index (χ4n) is 9.97. The summed E-state index contributed by atoms with van der Waals surface area (Å²) >= 11 is 0. The van der Waals surface area contributed by atoms with Crippen molar-refractivity contribution in [1.82, 2.24) is 9.97 Å². The first kappa shape index (κ1) is 43.8. The largest absolute Gasteiger partial charge is 0.256 e. The molecule has 338 valence electrons. The van der Waals surface area contributed by atoms with Crippen LogP contribution in [0, 0.1) is 0 Å². The van der Waals surface area contributed by atoms with E-state index in [1.54, 1.807) is 0 Å². The van der Waals surface area contributed by atoms with Crippen LogP contribution in [-0.4, -0.2) is 9.97 Å². The third-order valence-corrected chi connectivity index (χ3v) is 13.7.